The van der Waals surface area contributed by atoms with Crippen molar-refractivity contribution in [3.63, 3.8) is 0 Å². The predicted molar refractivity (Wildman–Crippen MR) is 121 cm³/mol. The molecule has 0 heterocycles. The Balaban J connectivity index is 1.86. The van der Waals surface area contributed by atoms with Crippen LogP contribution in [-0.2, 0) is 21.0 Å². The molecule has 0 aliphatic heterocycles. The van der Waals surface area contributed by atoms with Crippen molar-refractivity contribution in [1.82, 2.24) is 0 Å². The molecule has 0 amide bonds. The summed E-state index contributed by atoms with van der Waals surface area (Å²) in [5.74, 6) is -0.683. The van der Waals surface area contributed by atoms with E-state index in [1.807, 2.05) is 6.07 Å². The fraction of sp³-hybridized carbons (Fsp3) is 0.444. The average Bonchev–Trinajstić information content (AvgIpc) is 3.46. The highest BCUT2D eigenvalue weighted by Gasteiger charge is 2.49. The lowest BCUT2D eigenvalue weighted by Crippen LogP contribution is -2.34. The second-order valence-corrected chi connectivity index (χ2v) is 10.5. The molecule has 0 spiro atoms. The van der Waals surface area contributed by atoms with E-state index in [2.05, 4.69) is 46.8 Å². The number of benzene rings is 2. The number of hydrogen-bond donors (Lipinski definition) is 2. The number of hydrogen-bond acceptors (Lipinski definition) is 2. The van der Waals surface area contributed by atoms with Gasteiger partial charge in [0, 0.05) is 17.1 Å². The molecule has 0 bridgehead atoms. The van der Waals surface area contributed by atoms with Crippen molar-refractivity contribution in [3.05, 3.63) is 69.8 Å². The van der Waals surface area contributed by atoms with Crippen molar-refractivity contribution >= 4 is 12.0 Å². The fourth-order valence-electron chi connectivity index (χ4n) is 5.25. The zero-order valence-corrected chi connectivity index (χ0v) is 18.7. The summed E-state index contributed by atoms with van der Waals surface area (Å²) in [6.07, 6.45) is 7.09. The maximum absolute atomic E-state index is 10.9. The Morgan fingerprint density at radius 3 is 2.03 bits per heavy atom. The highest BCUT2D eigenvalue weighted by Crippen LogP contribution is 2.58. The van der Waals surface area contributed by atoms with E-state index in [0.717, 1.165) is 30.0 Å². The Kier molecular flexibility index (Phi) is 4.65. The maximum atomic E-state index is 10.9. The zero-order chi connectivity index (χ0) is 21.9. The van der Waals surface area contributed by atoms with Crippen LogP contribution in [0.1, 0.15) is 86.8 Å². The normalized spacial score (nSPS) is 20.7. The van der Waals surface area contributed by atoms with Gasteiger partial charge >= 0.3 is 5.97 Å². The van der Waals surface area contributed by atoms with Crippen molar-refractivity contribution < 1.29 is 15.0 Å². The molecule has 2 aliphatic rings. The number of carboxylic acids is 1. The standard InChI is InChI=1S/C27H32O3/c1-17-14-20-21(26(4,5)11-10-25(20,2)3)16-19(17)27(12-13-27)22-15-18(6-8-23(22)28)7-9-24(29)30/h6-9,14-16,28H,10-13H2,1-5H3,(H,29,30)/b9-7+. The molecule has 0 aromatic heterocycles. The van der Waals surface area contributed by atoms with E-state index in [1.54, 1.807) is 18.2 Å². The summed E-state index contributed by atoms with van der Waals surface area (Å²) in [5, 5.41) is 19.7. The Bertz CT molecular complexity index is 1050. The van der Waals surface area contributed by atoms with Crippen LogP contribution in [0.25, 0.3) is 6.08 Å². The summed E-state index contributed by atoms with van der Waals surface area (Å²) in [4.78, 5) is 10.9. The van der Waals surface area contributed by atoms with E-state index in [1.165, 1.54) is 35.1 Å². The van der Waals surface area contributed by atoms with Crippen molar-refractivity contribution in [3.8, 4) is 5.75 Å². The summed E-state index contributed by atoms with van der Waals surface area (Å²) in [6.45, 7) is 11.6. The Morgan fingerprint density at radius 2 is 1.47 bits per heavy atom. The van der Waals surface area contributed by atoms with Crippen LogP contribution in [0.3, 0.4) is 0 Å². The smallest absolute Gasteiger partial charge is 0.328 e. The van der Waals surface area contributed by atoms with E-state index in [4.69, 9.17) is 5.11 Å². The quantitative estimate of drug-likeness (QED) is 0.594. The molecule has 0 saturated heterocycles. The molecule has 4 rings (SSSR count). The molecule has 2 N–H and O–H groups in total. The van der Waals surface area contributed by atoms with Crippen LogP contribution in [0.15, 0.2) is 36.4 Å². The van der Waals surface area contributed by atoms with Crippen LogP contribution < -0.4 is 0 Å². The van der Waals surface area contributed by atoms with Crippen LogP contribution in [0.2, 0.25) is 0 Å². The van der Waals surface area contributed by atoms with E-state index in [9.17, 15) is 9.90 Å². The Labute approximate surface area is 179 Å². The topological polar surface area (TPSA) is 57.5 Å². The van der Waals surface area contributed by atoms with Gasteiger partial charge in [0.1, 0.15) is 5.75 Å². The number of phenolic OH excluding ortho intramolecular Hbond substituents is 1. The highest BCUT2D eigenvalue weighted by molar-refractivity contribution is 5.85. The summed E-state index contributed by atoms with van der Waals surface area (Å²) in [7, 11) is 0. The van der Waals surface area contributed by atoms with Gasteiger partial charge in [-0.3, -0.25) is 0 Å². The van der Waals surface area contributed by atoms with Crippen molar-refractivity contribution in [2.75, 3.05) is 0 Å². The molecule has 2 aromatic carbocycles. The first-order valence-corrected chi connectivity index (χ1v) is 10.9. The number of carboxylic acid groups (broad SMARTS) is 1. The fourth-order valence-corrected chi connectivity index (χ4v) is 5.25. The molecule has 30 heavy (non-hydrogen) atoms. The van der Waals surface area contributed by atoms with Gasteiger partial charge < -0.3 is 10.2 Å². The summed E-state index contributed by atoms with van der Waals surface area (Å²) in [6, 6.07) is 10.2. The van der Waals surface area contributed by atoms with E-state index in [0.29, 0.717) is 0 Å². The largest absolute Gasteiger partial charge is 0.508 e. The maximum Gasteiger partial charge on any atom is 0.328 e. The lowest BCUT2D eigenvalue weighted by Gasteiger charge is -2.43. The first-order valence-electron chi connectivity index (χ1n) is 10.9. The second kappa shape index (κ2) is 6.73. The van der Waals surface area contributed by atoms with Crippen LogP contribution in [0.5, 0.6) is 5.75 Å². The predicted octanol–water partition coefficient (Wildman–Crippen LogP) is 6.23. The molecular formula is C27H32O3. The van der Waals surface area contributed by atoms with Crippen molar-refractivity contribution in [1.29, 1.82) is 0 Å². The monoisotopic (exact) mass is 404 g/mol. The third kappa shape index (κ3) is 3.34. The van der Waals surface area contributed by atoms with Crippen molar-refractivity contribution in [2.45, 2.75) is 76.5 Å². The van der Waals surface area contributed by atoms with Gasteiger partial charge in [-0.1, -0.05) is 45.9 Å². The van der Waals surface area contributed by atoms with Gasteiger partial charge in [0.25, 0.3) is 0 Å². The Hall–Kier alpha value is -2.55. The Morgan fingerprint density at radius 1 is 0.867 bits per heavy atom. The number of aromatic hydroxyl groups is 1. The molecule has 158 valence electrons. The molecule has 2 aliphatic carbocycles. The SMILES string of the molecule is Cc1cc2c(cc1C1(c3cc(/C=C/C(=O)O)ccc3O)CC1)C(C)(C)CCC2(C)C. The highest BCUT2D eigenvalue weighted by atomic mass is 16.4. The third-order valence-corrected chi connectivity index (χ3v) is 7.42. The number of aliphatic carboxylic acids is 1. The van der Waals surface area contributed by atoms with E-state index < -0.39 is 5.97 Å². The number of fused-ring (bicyclic) bond motifs is 1. The molecule has 3 nitrogen and oxygen atoms in total. The van der Waals surface area contributed by atoms with Gasteiger partial charge in [-0.2, -0.15) is 0 Å². The van der Waals surface area contributed by atoms with Gasteiger partial charge in [0.15, 0.2) is 0 Å². The molecule has 2 aromatic rings. The number of aryl methyl sites for hydroxylation is 1. The molecule has 3 heteroatoms. The third-order valence-electron chi connectivity index (χ3n) is 7.42. The molecule has 1 fully saturated rings. The molecule has 0 unspecified atom stereocenters. The van der Waals surface area contributed by atoms with E-state index in [-0.39, 0.29) is 22.0 Å². The lowest BCUT2D eigenvalue weighted by atomic mass is 9.62. The van der Waals surface area contributed by atoms with Gasteiger partial charge in [0.05, 0.1) is 0 Å². The lowest BCUT2D eigenvalue weighted by molar-refractivity contribution is -0.131. The first kappa shape index (κ1) is 20.7. The van der Waals surface area contributed by atoms with Crippen LogP contribution >= 0.6 is 0 Å². The average molecular weight is 405 g/mol. The van der Waals surface area contributed by atoms with Gasteiger partial charge in [-0.15, -0.1) is 0 Å². The summed E-state index contributed by atoms with van der Waals surface area (Å²) < 4.78 is 0. The zero-order valence-electron chi connectivity index (χ0n) is 18.7. The number of phenols is 1. The molecular weight excluding hydrogens is 372 g/mol. The number of carbonyl (C=O) groups is 1. The minimum Gasteiger partial charge on any atom is -0.508 e. The molecule has 0 radical (unpaired) electrons. The summed E-state index contributed by atoms with van der Waals surface area (Å²) in [5.41, 5.74) is 7.31. The minimum absolute atomic E-state index is 0.136. The summed E-state index contributed by atoms with van der Waals surface area (Å²) >= 11 is 0. The molecule has 0 atom stereocenters. The minimum atomic E-state index is -0.971. The van der Waals surface area contributed by atoms with Crippen LogP contribution in [0.4, 0.5) is 0 Å². The van der Waals surface area contributed by atoms with Crippen molar-refractivity contribution in [2.24, 2.45) is 0 Å². The van der Waals surface area contributed by atoms with E-state index >= 15 is 0 Å². The van der Waals surface area contributed by atoms with Crippen LogP contribution in [-0.4, -0.2) is 16.2 Å². The number of rotatable bonds is 4. The van der Waals surface area contributed by atoms with Crippen LogP contribution in [0, 0.1) is 6.92 Å². The van der Waals surface area contributed by atoms with Gasteiger partial charge in [0.2, 0.25) is 0 Å². The van der Waals surface area contributed by atoms with Gasteiger partial charge in [-0.05, 0) is 89.5 Å². The first-order chi connectivity index (χ1) is 14.0. The van der Waals surface area contributed by atoms with Gasteiger partial charge in [-0.25, -0.2) is 4.79 Å². The molecule has 1 saturated carbocycles. The second-order valence-electron chi connectivity index (χ2n) is 10.5.